The lowest BCUT2D eigenvalue weighted by atomic mass is 9.91. The van der Waals surface area contributed by atoms with Gasteiger partial charge >= 0.3 is 0 Å². The van der Waals surface area contributed by atoms with Crippen molar-refractivity contribution >= 4 is 49.3 Å². The second-order valence-electron chi connectivity index (χ2n) is 11.1. The van der Waals surface area contributed by atoms with Gasteiger partial charge in [0.1, 0.15) is 0 Å². The number of nitrogens with zero attached hydrogens (tertiary/aromatic N) is 1. The Labute approximate surface area is 252 Å². The Morgan fingerprint density at radius 1 is 0.419 bits per heavy atom. The maximum atomic E-state index is 4.41. The fourth-order valence-corrected chi connectivity index (χ4v) is 6.44. The van der Waals surface area contributed by atoms with E-state index in [1.807, 2.05) is 0 Å². The normalized spacial score (nSPS) is 14.4. The lowest BCUT2D eigenvalue weighted by Crippen LogP contribution is -2.11. The van der Waals surface area contributed by atoms with Gasteiger partial charge in [-0.05, 0) is 90.5 Å². The minimum absolute atomic E-state index is 0.992. The summed E-state index contributed by atoms with van der Waals surface area (Å²) in [6, 6.07) is 50.5. The van der Waals surface area contributed by atoms with Crippen LogP contribution in [0.3, 0.4) is 0 Å². The van der Waals surface area contributed by atoms with E-state index in [-0.39, 0.29) is 0 Å². The minimum atomic E-state index is 0.992. The van der Waals surface area contributed by atoms with E-state index in [0.717, 1.165) is 22.5 Å². The Kier molecular flexibility index (Phi) is 6.02. The number of rotatable bonds is 3. The molecule has 0 aliphatic carbocycles. The first-order chi connectivity index (χ1) is 21.2. The minimum Gasteiger partial charge on any atom is -0.317 e. The molecule has 0 fully saturated rings. The summed E-state index contributed by atoms with van der Waals surface area (Å²) >= 11 is 0. The molecule has 0 radical (unpaired) electrons. The van der Waals surface area contributed by atoms with Crippen molar-refractivity contribution in [2.24, 2.45) is 0 Å². The maximum Gasteiger partial charge on any atom is 0.0539 e. The molecule has 8 rings (SSSR count). The highest BCUT2D eigenvalue weighted by atomic mass is 15.1. The van der Waals surface area contributed by atoms with Crippen molar-refractivity contribution in [2.75, 3.05) is 4.90 Å². The maximum absolute atomic E-state index is 4.41. The fraction of sp³-hybridized carbons (Fsp3) is 0. The van der Waals surface area contributed by atoms with E-state index in [2.05, 4.69) is 175 Å². The van der Waals surface area contributed by atoms with Crippen molar-refractivity contribution in [2.45, 2.75) is 0 Å². The summed E-state index contributed by atoms with van der Waals surface area (Å²) in [5.74, 6) is 0. The fourth-order valence-electron chi connectivity index (χ4n) is 6.44. The lowest BCUT2D eigenvalue weighted by molar-refractivity contribution is 1.27. The molecule has 0 N–H and O–H groups in total. The number of fused-ring (bicyclic) bond motifs is 7. The summed E-state index contributed by atoms with van der Waals surface area (Å²) in [4.78, 5) is 2.28. The Bertz CT molecular complexity index is 2220. The molecule has 0 saturated carbocycles. The molecular weight excluding hydrogens is 518 g/mol. The molecule has 202 valence electrons. The quantitative estimate of drug-likeness (QED) is 0.199. The summed E-state index contributed by atoms with van der Waals surface area (Å²) < 4.78 is 0. The third-order valence-electron chi connectivity index (χ3n) is 8.56. The first-order valence-electron chi connectivity index (χ1n) is 14.7. The predicted octanol–water partition coefficient (Wildman–Crippen LogP) is 11.7. The van der Waals surface area contributed by atoms with Gasteiger partial charge in [0.2, 0.25) is 0 Å². The van der Waals surface area contributed by atoms with Crippen LogP contribution in [0.15, 0.2) is 171 Å². The van der Waals surface area contributed by atoms with E-state index in [4.69, 9.17) is 0 Å². The van der Waals surface area contributed by atoms with Crippen LogP contribution < -0.4 is 4.90 Å². The highest BCUT2D eigenvalue weighted by molar-refractivity contribution is 6.25. The van der Waals surface area contributed by atoms with Crippen LogP contribution in [-0.2, 0) is 0 Å². The Morgan fingerprint density at radius 2 is 1.00 bits per heavy atom. The Balaban J connectivity index is 1.31. The molecule has 1 aliphatic heterocycles. The molecule has 0 spiro atoms. The monoisotopic (exact) mass is 547 g/mol. The van der Waals surface area contributed by atoms with Gasteiger partial charge in [0.05, 0.1) is 5.69 Å². The van der Waals surface area contributed by atoms with Crippen LogP contribution in [0.2, 0.25) is 0 Å². The molecule has 0 atom stereocenters. The van der Waals surface area contributed by atoms with E-state index >= 15 is 0 Å². The number of hydrogen-bond donors (Lipinski definition) is 0. The average Bonchev–Trinajstić information content (AvgIpc) is 3.07. The third kappa shape index (κ3) is 4.34. The average molecular weight is 548 g/mol. The highest BCUT2D eigenvalue weighted by Gasteiger charge is 2.17. The van der Waals surface area contributed by atoms with Crippen molar-refractivity contribution in [3.05, 3.63) is 176 Å². The molecular formula is C42H29N. The smallest absolute Gasteiger partial charge is 0.0539 e. The second kappa shape index (κ2) is 10.3. The molecule has 1 heteroatoms. The molecule has 0 unspecified atom stereocenters. The zero-order chi connectivity index (χ0) is 28.8. The van der Waals surface area contributed by atoms with E-state index in [1.165, 1.54) is 54.6 Å². The van der Waals surface area contributed by atoms with Gasteiger partial charge in [-0.1, -0.05) is 134 Å². The SMILES string of the molecule is C=C1/C=C\C=C/N(c2cccc(-c3ccccc3)c2)c2cc(-c3ccc4c5ccccc5c5ccccc5c4c3)ccc21. The molecule has 1 nitrogen and oxygen atoms in total. The molecule has 1 heterocycles. The molecule has 0 aromatic heterocycles. The molecule has 0 bridgehead atoms. The zero-order valence-corrected chi connectivity index (χ0v) is 23.7. The zero-order valence-electron chi connectivity index (χ0n) is 23.7. The van der Waals surface area contributed by atoms with E-state index in [1.54, 1.807) is 0 Å². The molecule has 7 aromatic carbocycles. The number of anilines is 2. The van der Waals surface area contributed by atoms with Crippen LogP contribution in [0, 0.1) is 0 Å². The lowest BCUT2D eigenvalue weighted by Gasteiger charge is -2.26. The van der Waals surface area contributed by atoms with Crippen molar-refractivity contribution in [1.29, 1.82) is 0 Å². The number of benzene rings is 7. The van der Waals surface area contributed by atoms with Crippen LogP contribution in [-0.4, -0.2) is 0 Å². The van der Waals surface area contributed by atoms with Gasteiger partial charge in [0.15, 0.2) is 0 Å². The van der Waals surface area contributed by atoms with Crippen LogP contribution >= 0.6 is 0 Å². The summed E-state index contributed by atoms with van der Waals surface area (Å²) in [6.07, 6.45) is 8.38. The van der Waals surface area contributed by atoms with E-state index in [9.17, 15) is 0 Å². The van der Waals surface area contributed by atoms with Crippen LogP contribution in [0.5, 0.6) is 0 Å². The van der Waals surface area contributed by atoms with Gasteiger partial charge in [0.25, 0.3) is 0 Å². The molecule has 43 heavy (non-hydrogen) atoms. The van der Waals surface area contributed by atoms with Gasteiger partial charge in [-0.15, -0.1) is 0 Å². The Morgan fingerprint density at radius 3 is 1.74 bits per heavy atom. The van der Waals surface area contributed by atoms with Gasteiger partial charge in [-0.3, -0.25) is 0 Å². The summed E-state index contributed by atoms with van der Waals surface area (Å²) in [6.45, 7) is 4.41. The summed E-state index contributed by atoms with van der Waals surface area (Å²) in [5.41, 5.74) is 9.09. The third-order valence-corrected chi connectivity index (χ3v) is 8.56. The van der Waals surface area contributed by atoms with Crippen molar-refractivity contribution in [3.63, 3.8) is 0 Å². The van der Waals surface area contributed by atoms with Gasteiger partial charge in [-0.2, -0.15) is 0 Å². The van der Waals surface area contributed by atoms with Gasteiger partial charge in [-0.25, -0.2) is 0 Å². The van der Waals surface area contributed by atoms with Crippen LogP contribution in [0.25, 0.3) is 60.1 Å². The first-order valence-corrected chi connectivity index (χ1v) is 14.7. The summed E-state index contributed by atoms with van der Waals surface area (Å²) in [7, 11) is 0. The molecule has 0 saturated heterocycles. The standard InChI is InChI=1S/C42H29N/c1-29-12-9-10-25-43(34-16-11-15-31(26-34)30-13-3-2-4-14-30)42-28-33(21-23-35(29)42)32-22-24-40-38-19-6-5-17-36(38)37-18-7-8-20-39(37)41(40)27-32/h2-28H,1H2/b12-9-,25-10-. The summed E-state index contributed by atoms with van der Waals surface area (Å²) in [5, 5.41) is 7.72. The van der Waals surface area contributed by atoms with Crippen molar-refractivity contribution in [3.8, 4) is 22.3 Å². The Hall–Kier alpha value is -5.66. The van der Waals surface area contributed by atoms with Gasteiger partial charge in [0, 0.05) is 17.5 Å². The van der Waals surface area contributed by atoms with E-state index < -0.39 is 0 Å². The van der Waals surface area contributed by atoms with E-state index in [0.29, 0.717) is 0 Å². The highest BCUT2D eigenvalue weighted by Crippen LogP contribution is 2.41. The predicted molar refractivity (Wildman–Crippen MR) is 186 cm³/mol. The molecule has 0 amide bonds. The van der Waals surface area contributed by atoms with Crippen LogP contribution in [0.4, 0.5) is 11.4 Å². The first kappa shape index (κ1) is 25.1. The topological polar surface area (TPSA) is 3.24 Å². The van der Waals surface area contributed by atoms with Crippen molar-refractivity contribution < 1.29 is 0 Å². The second-order valence-corrected chi connectivity index (χ2v) is 11.1. The number of hydrogen-bond acceptors (Lipinski definition) is 1. The number of allylic oxidation sites excluding steroid dienone is 4. The largest absolute Gasteiger partial charge is 0.317 e. The van der Waals surface area contributed by atoms with Crippen LogP contribution in [0.1, 0.15) is 5.56 Å². The van der Waals surface area contributed by atoms with Crippen molar-refractivity contribution in [1.82, 2.24) is 0 Å². The molecule has 1 aliphatic rings. The molecule has 7 aromatic rings. The van der Waals surface area contributed by atoms with Gasteiger partial charge < -0.3 is 4.90 Å².